The first-order chi connectivity index (χ1) is 10.6. The van der Waals surface area contributed by atoms with Crippen LogP contribution in [-0.2, 0) is 10.3 Å². The normalized spacial score (nSPS) is 23.1. The van der Waals surface area contributed by atoms with Crippen LogP contribution in [-0.4, -0.2) is 41.9 Å². The Morgan fingerprint density at radius 2 is 2.09 bits per heavy atom. The Hall–Kier alpha value is -2.28. The van der Waals surface area contributed by atoms with E-state index in [9.17, 15) is 9.59 Å². The van der Waals surface area contributed by atoms with Gasteiger partial charge in [0.1, 0.15) is 5.54 Å². The van der Waals surface area contributed by atoms with E-state index in [0.29, 0.717) is 29.9 Å². The average molecular weight is 306 g/mol. The van der Waals surface area contributed by atoms with Crippen molar-refractivity contribution < 1.29 is 24.2 Å². The van der Waals surface area contributed by atoms with Crippen molar-refractivity contribution in [2.45, 2.75) is 25.3 Å². The van der Waals surface area contributed by atoms with Gasteiger partial charge in [-0.05, 0) is 30.5 Å². The molecule has 0 radical (unpaired) electrons. The molecule has 3 rings (SSSR count). The van der Waals surface area contributed by atoms with Gasteiger partial charge in [0.2, 0.25) is 6.79 Å². The molecule has 22 heavy (non-hydrogen) atoms. The van der Waals surface area contributed by atoms with E-state index in [4.69, 9.17) is 14.6 Å². The molecule has 7 nitrogen and oxygen atoms in total. The predicted molar refractivity (Wildman–Crippen MR) is 76.5 cm³/mol. The van der Waals surface area contributed by atoms with Crippen LogP contribution in [0.15, 0.2) is 18.2 Å². The van der Waals surface area contributed by atoms with Gasteiger partial charge in [0.15, 0.2) is 11.5 Å². The molecular formula is C15H18N2O5. The summed E-state index contributed by atoms with van der Waals surface area (Å²) in [5.41, 5.74) is -0.419. The molecule has 7 heteroatoms. The van der Waals surface area contributed by atoms with Gasteiger partial charge in [0.05, 0.1) is 0 Å². The van der Waals surface area contributed by atoms with Gasteiger partial charge in [-0.2, -0.15) is 0 Å². The SMILES string of the molecule is CCC1(c2ccc3c(c2)OCO3)NC(=O)N(CCCO)C1=O. The van der Waals surface area contributed by atoms with Gasteiger partial charge in [0.25, 0.3) is 5.91 Å². The van der Waals surface area contributed by atoms with Crippen LogP contribution in [0.25, 0.3) is 0 Å². The third-order valence-corrected chi connectivity index (χ3v) is 4.11. The summed E-state index contributed by atoms with van der Waals surface area (Å²) in [6.07, 6.45) is 0.785. The van der Waals surface area contributed by atoms with Gasteiger partial charge in [-0.25, -0.2) is 4.79 Å². The number of amides is 3. The Morgan fingerprint density at radius 3 is 2.82 bits per heavy atom. The van der Waals surface area contributed by atoms with E-state index in [0.717, 1.165) is 4.90 Å². The van der Waals surface area contributed by atoms with E-state index in [1.807, 2.05) is 6.92 Å². The number of carbonyl (C=O) groups excluding carboxylic acids is 2. The Labute approximate surface area is 127 Å². The fourth-order valence-corrected chi connectivity index (χ4v) is 2.86. The number of nitrogens with zero attached hydrogens (tertiary/aromatic N) is 1. The van der Waals surface area contributed by atoms with Crippen molar-refractivity contribution in [2.75, 3.05) is 19.9 Å². The van der Waals surface area contributed by atoms with E-state index in [-0.39, 0.29) is 25.9 Å². The van der Waals surface area contributed by atoms with E-state index < -0.39 is 11.6 Å². The Bertz CT molecular complexity index is 618. The molecule has 118 valence electrons. The minimum atomic E-state index is -1.09. The second kappa shape index (κ2) is 5.49. The molecule has 1 saturated heterocycles. The molecule has 1 fully saturated rings. The maximum atomic E-state index is 12.8. The molecule has 3 amide bonds. The van der Waals surface area contributed by atoms with Crippen molar-refractivity contribution in [3.05, 3.63) is 23.8 Å². The quantitative estimate of drug-likeness (QED) is 0.791. The molecule has 0 saturated carbocycles. The zero-order valence-electron chi connectivity index (χ0n) is 12.3. The van der Waals surface area contributed by atoms with Crippen molar-refractivity contribution >= 4 is 11.9 Å². The van der Waals surface area contributed by atoms with Gasteiger partial charge in [-0.1, -0.05) is 13.0 Å². The van der Waals surface area contributed by atoms with E-state index in [1.165, 1.54) is 0 Å². The number of aliphatic hydroxyl groups is 1. The van der Waals surface area contributed by atoms with Gasteiger partial charge in [-0.3, -0.25) is 9.69 Å². The van der Waals surface area contributed by atoms with Crippen LogP contribution in [0.5, 0.6) is 11.5 Å². The highest BCUT2D eigenvalue weighted by molar-refractivity contribution is 6.07. The molecule has 2 heterocycles. The Kier molecular flexibility index (Phi) is 3.66. The van der Waals surface area contributed by atoms with E-state index in [2.05, 4.69) is 5.32 Å². The average Bonchev–Trinajstić information content (AvgIpc) is 3.08. The minimum absolute atomic E-state index is 0.0692. The molecule has 1 unspecified atom stereocenters. The van der Waals surface area contributed by atoms with Gasteiger partial charge < -0.3 is 19.9 Å². The van der Waals surface area contributed by atoms with Crippen molar-refractivity contribution in [1.29, 1.82) is 0 Å². The highest BCUT2D eigenvalue weighted by atomic mass is 16.7. The number of aliphatic hydroxyl groups excluding tert-OH is 1. The number of nitrogens with one attached hydrogen (secondary N) is 1. The summed E-state index contributed by atoms with van der Waals surface area (Å²) in [5, 5.41) is 11.7. The Balaban J connectivity index is 1.95. The first-order valence-electron chi connectivity index (χ1n) is 7.27. The van der Waals surface area contributed by atoms with Crippen LogP contribution in [0.2, 0.25) is 0 Å². The summed E-state index contributed by atoms with van der Waals surface area (Å²) in [6, 6.07) is 4.81. The van der Waals surface area contributed by atoms with Crippen LogP contribution in [0, 0.1) is 0 Å². The summed E-state index contributed by atoms with van der Waals surface area (Å²) in [4.78, 5) is 26.0. The van der Waals surface area contributed by atoms with Crippen molar-refractivity contribution in [2.24, 2.45) is 0 Å². The summed E-state index contributed by atoms with van der Waals surface area (Å²) >= 11 is 0. The molecule has 1 atom stereocenters. The van der Waals surface area contributed by atoms with Gasteiger partial charge in [-0.15, -0.1) is 0 Å². The highest BCUT2D eigenvalue weighted by Gasteiger charge is 2.51. The number of rotatable bonds is 5. The number of hydrogen-bond acceptors (Lipinski definition) is 5. The summed E-state index contributed by atoms with van der Waals surface area (Å²) < 4.78 is 10.6. The number of urea groups is 1. The molecule has 0 aliphatic carbocycles. The lowest BCUT2D eigenvalue weighted by Gasteiger charge is -2.26. The topological polar surface area (TPSA) is 88.1 Å². The molecule has 2 aliphatic heterocycles. The number of fused-ring (bicyclic) bond motifs is 1. The van der Waals surface area contributed by atoms with Crippen LogP contribution in [0.1, 0.15) is 25.3 Å². The number of benzene rings is 1. The maximum absolute atomic E-state index is 12.8. The standard InChI is InChI=1S/C15H18N2O5/c1-2-15(10-4-5-11-12(8-10)22-9-21-11)13(19)17(6-3-7-18)14(20)16-15/h4-5,8,18H,2-3,6-7,9H2,1H3,(H,16,20). The number of hydrogen-bond donors (Lipinski definition) is 2. The lowest BCUT2D eigenvalue weighted by molar-refractivity contribution is -0.131. The van der Waals surface area contributed by atoms with Crippen LogP contribution < -0.4 is 14.8 Å². The predicted octanol–water partition coefficient (Wildman–Crippen LogP) is 0.955. The largest absolute Gasteiger partial charge is 0.454 e. The fourth-order valence-electron chi connectivity index (χ4n) is 2.86. The number of ether oxygens (including phenoxy) is 2. The summed E-state index contributed by atoms with van der Waals surface area (Å²) in [7, 11) is 0. The molecule has 2 N–H and O–H groups in total. The van der Waals surface area contributed by atoms with E-state index in [1.54, 1.807) is 18.2 Å². The second-order valence-electron chi connectivity index (χ2n) is 5.29. The first kappa shape index (κ1) is 14.6. The lowest BCUT2D eigenvalue weighted by Crippen LogP contribution is -2.43. The van der Waals surface area contributed by atoms with Crippen molar-refractivity contribution in [1.82, 2.24) is 10.2 Å². The highest BCUT2D eigenvalue weighted by Crippen LogP contribution is 2.39. The van der Waals surface area contributed by atoms with Crippen LogP contribution >= 0.6 is 0 Å². The molecule has 0 spiro atoms. The zero-order chi connectivity index (χ0) is 15.7. The smallest absolute Gasteiger partial charge is 0.325 e. The lowest BCUT2D eigenvalue weighted by atomic mass is 9.87. The van der Waals surface area contributed by atoms with Crippen LogP contribution in [0.4, 0.5) is 4.79 Å². The number of imide groups is 1. The minimum Gasteiger partial charge on any atom is -0.454 e. The third kappa shape index (κ3) is 2.09. The second-order valence-corrected chi connectivity index (χ2v) is 5.29. The molecule has 0 bridgehead atoms. The van der Waals surface area contributed by atoms with Crippen LogP contribution in [0.3, 0.4) is 0 Å². The monoisotopic (exact) mass is 306 g/mol. The van der Waals surface area contributed by atoms with Crippen molar-refractivity contribution in [3.8, 4) is 11.5 Å². The maximum Gasteiger partial charge on any atom is 0.325 e. The van der Waals surface area contributed by atoms with Crippen molar-refractivity contribution in [3.63, 3.8) is 0 Å². The zero-order valence-corrected chi connectivity index (χ0v) is 12.3. The van der Waals surface area contributed by atoms with Gasteiger partial charge in [0, 0.05) is 13.2 Å². The molecule has 0 aromatic heterocycles. The molecule has 2 aliphatic rings. The molecule has 1 aromatic rings. The van der Waals surface area contributed by atoms with E-state index >= 15 is 0 Å². The Morgan fingerprint density at radius 1 is 1.32 bits per heavy atom. The number of carbonyl (C=O) groups is 2. The molecule has 1 aromatic carbocycles. The fraction of sp³-hybridized carbons (Fsp3) is 0.467. The first-order valence-corrected chi connectivity index (χ1v) is 7.27. The summed E-state index contributed by atoms with van der Waals surface area (Å²) in [5.74, 6) is 0.900. The van der Waals surface area contributed by atoms with Gasteiger partial charge >= 0.3 is 6.03 Å². The molecular weight excluding hydrogens is 288 g/mol. The summed E-state index contributed by atoms with van der Waals surface area (Å²) in [6.45, 7) is 2.13. The third-order valence-electron chi connectivity index (χ3n) is 4.11.